The van der Waals surface area contributed by atoms with Gasteiger partial charge in [0.25, 0.3) is 0 Å². The lowest BCUT2D eigenvalue weighted by molar-refractivity contribution is -0.118. The Labute approximate surface area is 123 Å². The third kappa shape index (κ3) is 3.28. The highest BCUT2D eigenvalue weighted by atomic mass is 16.5. The molecule has 6 nitrogen and oxygen atoms in total. The van der Waals surface area contributed by atoms with E-state index in [-0.39, 0.29) is 17.9 Å². The first-order chi connectivity index (χ1) is 10.1. The van der Waals surface area contributed by atoms with Crippen LogP contribution in [0.15, 0.2) is 24.3 Å². The molecular formula is C15H20N2O4. The Hall–Kier alpha value is -2.21. The van der Waals surface area contributed by atoms with Crippen LogP contribution < -0.4 is 25.3 Å². The van der Waals surface area contributed by atoms with Crippen LogP contribution in [-0.4, -0.2) is 33.3 Å². The van der Waals surface area contributed by atoms with Crippen molar-refractivity contribution in [3.63, 3.8) is 0 Å². The zero-order valence-corrected chi connectivity index (χ0v) is 12.4. The van der Waals surface area contributed by atoms with E-state index in [1.54, 1.807) is 12.1 Å². The van der Waals surface area contributed by atoms with E-state index in [4.69, 9.17) is 19.9 Å². The lowest BCUT2D eigenvalue weighted by Gasteiger charge is -2.16. The number of methoxy groups -OCH3 is 3. The summed E-state index contributed by atoms with van der Waals surface area (Å²) in [5, 5.41) is 2.84. The summed E-state index contributed by atoms with van der Waals surface area (Å²) in [6, 6.07) is 3.33. The van der Waals surface area contributed by atoms with Crippen molar-refractivity contribution in [3.8, 4) is 17.2 Å². The van der Waals surface area contributed by atoms with Crippen molar-refractivity contribution in [1.29, 1.82) is 0 Å². The van der Waals surface area contributed by atoms with Crippen LogP contribution in [0.2, 0.25) is 0 Å². The Morgan fingerprint density at radius 3 is 2.19 bits per heavy atom. The van der Waals surface area contributed by atoms with Gasteiger partial charge >= 0.3 is 0 Å². The molecule has 0 spiro atoms. The van der Waals surface area contributed by atoms with Crippen molar-refractivity contribution in [2.24, 2.45) is 11.7 Å². The molecule has 2 rings (SSSR count). The third-order valence-corrected chi connectivity index (χ3v) is 3.39. The Balaban J connectivity index is 2.20. The molecular weight excluding hydrogens is 272 g/mol. The number of nitrogens with one attached hydrogen (secondary N) is 1. The predicted octanol–water partition coefficient (Wildman–Crippen LogP) is 1.55. The molecule has 1 aliphatic rings. The number of nitrogens with two attached hydrogens (primary N) is 1. The van der Waals surface area contributed by atoms with Crippen molar-refractivity contribution in [1.82, 2.24) is 0 Å². The number of amides is 1. The molecule has 0 bridgehead atoms. The van der Waals surface area contributed by atoms with Gasteiger partial charge in [-0.25, -0.2) is 0 Å². The zero-order valence-electron chi connectivity index (χ0n) is 12.4. The number of ether oxygens (including phenoxy) is 3. The maximum absolute atomic E-state index is 12.2. The summed E-state index contributed by atoms with van der Waals surface area (Å²) in [7, 11) is 4.59. The summed E-state index contributed by atoms with van der Waals surface area (Å²) in [5.41, 5.74) is 6.35. The monoisotopic (exact) mass is 292 g/mol. The van der Waals surface area contributed by atoms with Gasteiger partial charge in [0.2, 0.25) is 11.7 Å². The second-order valence-electron chi connectivity index (χ2n) is 4.79. The summed E-state index contributed by atoms with van der Waals surface area (Å²) in [6.07, 6.45) is 4.30. The van der Waals surface area contributed by atoms with Gasteiger partial charge in [-0.1, -0.05) is 12.2 Å². The van der Waals surface area contributed by atoms with Crippen LogP contribution in [-0.2, 0) is 4.79 Å². The Bertz CT molecular complexity index is 532. The largest absolute Gasteiger partial charge is 0.493 e. The van der Waals surface area contributed by atoms with E-state index in [1.807, 2.05) is 12.2 Å². The van der Waals surface area contributed by atoms with Gasteiger partial charge in [-0.15, -0.1) is 0 Å². The van der Waals surface area contributed by atoms with Crippen molar-refractivity contribution in [3.05, 3.63) is 24.3 Å². The van der Waals surface area contributed by atoms with Crippen LogP contribution >= 0.6 is 0 Å². The quantitative estimate of drug-likeness (QED) is 0.805. The molecule has 0 heterocycles. The van der Waals surface area contributed by atoms with Crippen molar-refractivity contribution in [2.45, 2.75) is 12.5 Å². The van der Waals surface area contributed by atoms with Crippen molar-refractivity contribution < 1.29 is 19.0 Å². The average Bonchev–Trinajstić information content (AvgIpc) is 2.92. The minimum Gasteiger partial charge on any atom is -0.493 e. The van der Waals surface area contributed by atoms with Crippen LogP contribution in [0.25, 0.3) is 0 Å². The summed E-state index contributed by atoms with van der Waals surface area (Å²) in [4.78, 5) is 12.2. The number of anilines is 1. The van der Waals surface area contributed by atoms with Gasteiger partial charge in [-0.05, 0) is 6.42 Å². The van der Waals surface area contributed by atoms with Crippen LogP contribution in [0.3, 0.4) is 0 Å². The number of hydrogen-bond acceptors (Lipinski definition) is 5. The second-order valence-corrected chi connectivity index (χ2v) is 4.79. The lowest BCUT2D eigenvalue weighted by Crippen LogP contribution is -2.24. The van der Waals surface area contributed by atoms with Gasteiger partial charge < -0.3 is 25.3 Å². The molecule has 0 radical (unpaired) electrons. The van der Waals surface area contributed by atoms with Gasteiger partial charge in [-0.3, -0.25) is 4.79 Å². The first-order valence-electron chi connectivity index (χ1n) is 6.63. The minimum absolute atomic E-state index is 0.0549. The molecule has 114 valence electrons. The molecule has 0 aliphatic heterocycles. The topological polar surface area (TPSA) is 82.8 Å². The average molecular weight is 292 g/mol. The summed E-state index contributed by atoms with van der Waals surface area (Å²) < 4.78 is 15.7. The van der Waals surface area contributed by atoms with Crippen LogP contribution in [0.1, 0.15) is 6.42 Å². The summed E-state index contributed by atoms with van der Waals surface area (Å²) in [5.74, 6) is 1.16. The fraction of sp³-hybridized carbons (Fsp3) is 0.400. The van der Waals surface area contributed by atoms with E-state index in [9.17, 15) is 4.79 Å². The molecule has 0 saturated heterocycles. The lowest BCUT2D eigenvalue weighted by atomic mass is 10.1. The molecule has 2 atom stereocenters. The fourth-order valence-electron chi connectivity index (χ4n) is 2.31. The Morgan fingerprint density at radius 1 is 1.14 bits per heavy atom. The first kappa shape index (κ1) is 15.2. The third-order valence-electron chi connectivity index (χ3n) is 3.39. The van der Waals surface area contributed by atoms with Crippen LogP contribution in [0, 0.1) is 5.92 Å². The van der Waals surface area contributed by atoms with Crippen LogP contribution in [0.5, 0.6) is 17.2 Å². The van der Waals surface area contributed by atoms with E-state index in [1.165, 1.54) is 21.3 Å². The van der Waals surface area contributed by atoms with E-state index >= 15 is 0 Å². The molecule has 1 aromatic carbocycles. The Morgan fingerprint density at radius 2 is 1.76 bits per heavy atom. The smallest absolute Gasteiger partial charge is 0.231 e. The highest BCUT2D eigenvalue weighted by molar-refractivity contribution is 5.94. The molecule has 21 heavy (non-hydrogen) atoms. The van der Waals surface area contributed by atoms with Crippen LogP contribution in [0.4, 0.5) is 5.69 Å². The minimum atomic E-state index is -0.209. The molecule has 2 unspecified atom stereocenters. The maximum atomic E-state index is 12.2. The van der Waals surface area contributed by atoms with Crippen molar-refractivity contribution in [2.75, 3.05) is 26.6 Å². The Kier molecular flexibility index (Phi) is 4.70. The predicted molar refractivity (Wildman–Crippen MR) is 80.0 cm³/mol. The van der Waals surface area contributed by atoms with Crippen molar-refractivity contribution >= 4 is 11.6 Å². The molecule has 1 aromatic rings. The molecule has 0 saturated carbocycles. The summed E-state index contributed by atoms with van der Waals surface area (Å²) in [6.45, 7) is 0. The number of carbonyl (C=O) groups is 1. The number of rotatable bonds is 5. The molecule has 6 heteroatoms. The van der Waals surface area contributed by atoms with Gasteiger partial charge in [0, 0.05) is 23.9 Å². The first-order valence-corrected chi connectivity index (χ1v) is 6.63. The molecule has 1 amide bonds. The number of benzene rings is 1. The van der Waals surface area contributed by atoms with Gasteiger partial charge in [0.15, 0.2) is 11.5 Å². The number of carbonyl (C=O) groups excluding carboxylic acids is 1. The molecule has 0 aromatic heterocycles. The standard InChI is InChI=1S/C15H20N2O4/c1-19-12-7-11(8-13(20-2)14(12)21-3)17-15(18)9-4-5-10(16)6-9/h4-5,7-10H,6,16H2,1-3H3,(H,17,18). The normalized spacial score (nSPS) is 20.2. The van der Waals surface area contributed by atoms with E-state index in [0.29, 0.717) is 29.4 Å². The highest BCUT2D eigenvalue weighted by Gasteiger charge is 2.23. The second kappa shape index (κ2) is 6.49. The SMILES string of the molecule is COc1cc(NC(=O)C2C=CC(N)C2)cc(OC)c1OC. The van der Waals surface area contributed by atoms with E-state index < -0.39 is 0 Å². The zero-order chi connectivity index (χ0) is 15.4. The molecule has 0 fully saturated rings. The van der Waals surface area contributed by atoms with E-state index in [2.05, 4.69) is 5.32 Å². The highest BCUT2D eigenvalue weighted by Crippen LogP contribution is 2.40. The fourth-order valence-corrected chi connectivity index (χ4v) is 2.31. The number of hydrogen-bond donors (Lipinski definition) is 2. The maximum Gasteiger partial charge on any atom is 0.231 e. The molecule has 1 aliphatic carbocycles. The molecule has 3 N–H and O–H groups in total. The van der Waals surface area contributed by atoms with E-state index in [0.717, 1.165) is 0 Å². The van der Waals surface area contributed by atoms with Gasteiger partial charge in [0.1, 0.15) is 0 Å². The van der Waals surface area contributed by atoms with Gasteiger partial charge in [0.05, 0.1) is 27.2 Å². The van der Waals surface area contributed by atoms with Gasteiger partial charge in [-0.2, -0.15) is 0 Å². The summed E-state index contributed by atoms with van der Waals surface area (Å²) >= 11 is 0.